The lowest BCUT2D eigenvalue weighted by Gasteiger charge is -2.36. The summed E-state index contributed by atoms with van der Waals surface area (Å²) >= 11 is 8.62. The second-order valence-electron chi connectivity index (χ2n) is 8.61. The van der Waals surface area contributed by atoms with E-state index in [1.54, 1.807) is 19.2 Å². The monoisotopic (exact) mass is 586 g/mol. The van der Waals surface area contributed by atoms with Gasteiger partial charge in [0.2, 0.25) is 0 Å². The van der Waals surface area contributed by atoms with Crippen LogP contribution in [0.5, 0.6) is 0 Å². The van der Waals surface area contributed by atoms with Crippen molar-refractivity contribution in [3.63, 3.8) is 0 Å². The molecule has 0 radical (unpaired) electrons. The zero-order valence-corrected chi connectivity index (χ0v) is 21.9. The van der Waals surface area contributed by atoms with E-state index in [2.05, 4.69) is 85.4 Å². The molecule has 34 heavy (non-hydrogen) atoms. The van der Waals surface area contributed by atoms with Gasteiger partial charge >= 0.3 is 0 Å². The third kappa shape index (κ3) is 3.96. The summed E-state index contributed by atoms with van der Waals surface area (Å²) in [6.07, 6.45) is 2.16. The van der Waals surface area contributed by atoms with Crippen LogP contribution < -0.4 is 10.5 Å². The number of benzene rings is 1. The Hall–Kier alpha value is -2.61. The average Bonchev–Trinajstić information content (AvgIpc) is 3.27. The van der Waals surface area contributed by atoms with Crippen molar-refractivity contribution in [1.82, 2.24) is 19.0 Å². The standard InChI is InChI=1S/C25H24ClIN6O/c1-16(27)33-9-8-18-17(4-3-5-20(18)33)15-31-10-12-32(13-11-31)24-19(14-28)25(34)30(2)21-6-7-22(26)29-23(21)24/h3-9,16H,10-13,15H2,1-2H3. The Bertz CT molecular complexity index is 1490. The van der Waals surface area contributed by atoms with Crippen molar-refractivity contribution in [2.45, 2.75) is 17.5 Å². The maximum Gasteiger partial charge on any atom is 0.270 e. The molecule has 5 rings (SSSR count). The molecule has 3 aromatic heterocycles. The molecule has 9 heteroatoms. The summed E-state index contributed by atoms with van der Waals surface area (Å²) in [6.45, 7) is 6.09. The number of nitrogens with zero attached hydrogens (tertiary/aromatic N) is 6. The van der Waals surface area contributed by atoms with Crippen molar-refractivity contribution < 1.29 is 0 Å². The molecule has 1 aliphatic heterocycles. The molecule has 1 atom stereocenters. The van der Waals surface area contributed by atoms with Crippen molar-refractivity contribution in [3.05, 3.63) is 69.2 Å². The van der Waals surface area contributed by atoms with Gasteiger partial charge in [0, 0.05) is 56.9 Å². The highest BCUT2D eigenvalue weighted by Gasteiger charge is 2.25. The van der Waals surface area contributed by atoms with Gasteiger partial charge in [0.15, 0.2) is 0 Å². The predicted molar refractivity (Wildman–Crippen MR) is 145 cm³/mol. The molecule has 1 aliphatic rings. The van der Waals surface area contributed by atoms with Gasteiger partial charge in [-0.25, -0.2) is 4.98 Å². The van der Waals surface area contributed by atoms with E-state index < -0.39 is 0 Å². The van der Waals surface area contributed by atoms with Crippen LogP contribution in [0.4, 0.5) is 5.69 Å². The van der Waals surface area contributed by atoms with E-state index in [1.807, 2.05) is 0 Å². The first-order chi connectivity index (χ1) is 16.4. The van der Waals surface area contributed by atoms with E-state index in [-0.39, 0.29) is 11.1 Å². The molecule has 0 spiro atoms. The SMILES string of the molecule is CC(I)n1ccc2c(CN3CCN(c4c(C#N)c(=O)n(C)c5ccc(Cl)nc45)CC3)cccc21. The topological polar surface area (TPSA) is 70.1 Å². The number of nitriles is 1. The van der Waals surface area contributed by atoms with Gasteiger partial charge in [-0.15, -0.1) is 0 Å². The van der Waals surface area contributed by atoms with Crippen LogP contribution in [0.3, 0.4) is 0 Å². The van der Waals surface area contributed by atoms with E-state index in [0.29, 0.717) is 39.0 Å². The van der Waals surface area contributed by atoms with E-state index in [0.717, 1.165) is 19.6 Å². The molecule has 1 aromatic carbocycles. The minimum absolute atomic E-state index is 0.122. The van der Waals surface area contributed by atoms with Crippen LogP contribution in [-0.4, -0.2) is 45.2 Å². The van der Waals surface area contributed by atoms with E-state index in [1.165, 1.54) is 21.0 Å². The van der Waals surface area contributed by atoms with Crippen LogP contribution >= 0.6 is 34.2 Å². The Morgan fingerprint density at radius 3 is 2.62 bits per heavy atom. The highest BCUT2D eigenvalue weighted by molar-refractivity contribution is 14.1. The van der Waals surface area contributed by atoms with Crippen molar-refractivity contribution in [3.8, 4) is 6.07 Å². The normalized spacial score (nSPS) is 15.7. The molecular formula is C25H24ClIN6O. The summed E-state index contributed by atoms with van der Waals surface area (Å²) in [6, 6.07) is 14.3. The van der Waals surface area contributed by atoms with Crippen molar-refractivity contribution in [2.75, 3.05) is 31.1 Å². The molecule has 0 bridgehead atoms. The average molecular weight is 587 g/mol. The van der Waals surface area contributed by atoms with Crippen LogP contribution in [0, 0.1) is 11.3 Å². The second-order valence-corrected chi connectivity index (χ2v) is 10.8. The third-order valence-electron chi connectivity index (χ3n) is 6.61. The Labute approximate surface area is 216 Å². The van der Waals surface area contributed by atoms with Crippen LogP contribution in [-0.2, 0) is 13.6 Å². The molecule has 4 aromatic rings. The number of pyridine rings is 2. The van der Waals surface area contributed by atoms with E-state index in [9.17, 15) is 10.1 Å². The van der Waals surface area contributed by atoms with E-state index in [4.69, 9.17) is 11.6 Å². The number of anilines is 1. The highest BCUT2D eigenvalue weighted by atomic mass is 127. The minimum Gasteiger partial charge on any atom is -0.366 e. The fourth-order valence-electron chi connectivity index (χ4n) is 4.85. The molecule has 1 fully saturated rings. The summed E-state index contributed by atoms with van der Waals surface area (Å²) in [4.78, 5) is 21.9. The first-order valence-electron chi connectivity index (χ1n) is 11.2. The molecule has 7 nitrogen and oxygen atoms in total. The number of rotatable bonds is 4. The Kier molecular flexibility index (Phi) is 6.27. The number of alkyl halides is 1. The lowest BCUT2D eigenvalue weighted by Crippen LogP contribution is -2.47. The van der Waals surface area contributed by atoms with Crippen molar-refractivity contribution in [2.24, 2.45) is 7.05 Å². The quantitative estimate of drug-likeness (QED) is 0.197. The summed E-state index contributed by atoms with van der Waals surface area (Å²) in [5.41, 5.74) is 4.25. The molecule has 1 unspecified atom stereocenters. The van der Waals surface area contributed by atoms with Gasteiger partial charge in [0.05, 0.1) is 15.3 Å². The highest BCUT2D eigenvalue weighted by Crippen LogP contribution is 2.30. The minimum atomic E-state index is -0.308. The van der Waals surface area contributed by atoms with Gasteiger partial charge in [-0.05, 0) is 36.8 Å². The van der Waals surface area contributed by atoms with Crippen LogP contribution in [0.1, 0.15) is 22.1 Å². The Morgan fingerprint density at radius 1 is 1.15 bits per heavy atom. The number of aryl methyl sites for hydroxylation is 1. The fourth-order valence-corrected chi connectivity index (χ4v) is 5.48. The molecule has 0 aliphatic carbocycles. The first-order valence-corrected chi connectivity index (χ1v) is 12.8. The van der Waals surface area contributed by atoms with Gasteiger partial charge in [0.25, 0.3) is 5.56 Å². The molecule has 1 saturated heterocycles. The second kappa shape index (κ2) is 9.21. The summed E-state index contributed by atoms with van der Waals surface area (Å²) in [5, 5.41) is 11.4. The lowest BCUT2D eigenvalue weighted by atomic mass is 10.1. The van der Waals surface area contributed by atoms with E-state index >= 15 is 0 Å². The number of hydrogen-bond acceptors (Lipinski definition) is 5. The molecule has 4 heterocycles. The summed E-state index contributed by atoms with van der Waals surface area (Å²) < 4.78 is 4.15. The maximum atomic E-state index is 12.9. The number of fused-ring (bicyclic) bond motifs is 2. The molecule has 174 valence electrons. The first kappa shape index (κ1) is 23.1. The van der Waals surface area contributed by atoms with Crippen LogP contribution in [0.25, 0.3) is 21.9 Å². The van der Waals surface area contributed by atoms with Crippen molar-refractivity contribution >= 4 is 61.8 Å². The fraction of sp³-hybridized carbons (Fsp3) is 0.320. The molecule has 0 N–H and O–H groups in total. The van der Waals surface area contributed by atoms with Gasteiger partial charge in [-0.2, -0.15) is 5.26 Å². The summed E-state index contributed by atoms with van der Waals surface area (Å²) in [7, 11) is 1.66. The number of halogens is 2. The van der Waals surface area contributed by atoms with Crippen LogP contribution in [0.2, 0.25) is 5.15 Å². The number of hydrogen-bond donors (Lipinski definition) is 0. The zero-order valence-electron chi connectivity index (χ0n) is 19.0. The largest absolute Gasteiger partial charge is 0.366 e. The third-order valence-corrected chi connectivity index (χ3v) is 7.42. The van der Waals surface area contributed by atoms with Gasteiger partial charge in [-0.3, -0.25) is 9.69 Å². The van der Waals surface area contributed by atoms with Gasteiger partial charge < -0.3 is 14.0 Å². The molecule has 0 amide bonds. The Balaban J connectivity index is 1.42. The van der Waals surface area contributed by atoms with Gasteiger partial charge in [0.1, 0.15) is 22.3 Å². The predicted octanol–water partition coefficient (Wildman–Crippen LogP) is 4.69. The maximum absolute atomic E-state index is 12.9. The van der Waals surface area contributed by atoms with Crippen LogP contribution in [0.15, 0.2) is 47.4 Å². The van der Waals surface area contributed by atoms with Gasteiger partial charge in [-0.1, -0.05) is 46.3 Å². The molecular weight excluding hydrogens is 563 g/mol. The lowest BCUT2D eigenvalue weighted by molar-refractivity contribution is 0.251. The number of piperazine rings is 1. The molecule has 0 saturated carbocycles. The Morgan fingerprint density at radius 2 is 1.91 bits per heavy atom. The number of aromatic nitrogens is 3. The summed E-state index contributed by atoms with van der Waals surface area (Å²) in [5.74, 6) is 0. The smallest absolute Gasteiger partial charge is 0.270 e. The van der Waals surface area contributed by atoms with Crippen molar-refractivity contribution in [1.29, 1.82) is 5.26 Å². The zero-order chi connectivity index (χ0) is 24.0.